The lowest BCUT2D eigenvalue weighted by atomic mass is 10.2. The zero-order valence-corrected chi connectivity index (χ0v) is 10.9. The van der Waals surface area contributed by atoms with E-state index in [4.69, 9.17) is 5.73 Å². The van der Waals surface area contributed by atoms with E-state index in [1.54, 1.807) is 0 Å². The van der Waals surface area contributed by atoms with Gasteiger partial charge in [-0.2, -0.15) is 0 Å². The molecule has 0 bridgehead atoms. The highest BCUT2D eigenvalue weighted by Crippen LogP contribution is 2.31. The van der Waals surface area contributed by atoms with Crippen LogP contribution in [0.5, 0.6) is 0 Å². The fourth-order valence-corrected chi connectivity index (χ4v) is 1.44. The molecule has 2 rings (SSSR count). The summed E-state index contributed by atoms with van der Waals surface area (Å²) in [5.74, 6) is -1.06. The van der Waals surface area contributed by atoms with Gasteiger partial charge in [0.05, 0.1) is 12.1 Å². The summed E-state index contributed by atoms with van der Waals surface area (Å²) < 4.78 is 12.6. The SMILES string of the molecule is Cl.NC1(C(=O)NCC(=O)Nc2ccc(F)cc2)CC1. The molecule has 104 valence electrons. The molecule has 1 aromatic carbocycles. The van der Waals surface area contributed by atoms with Gasteiger partial charge in [-0.15, -0.1) is 12.4 Å². The Hall–Kier alpha value is -1.66. The van der Waals surface area contributed by atoms with E-state index in [1.807, 2.05) is 0 Å². The van der Waals surface area contributed by atoms with Crippen LogP contribution < -0.4 is 16.4 Å². The minimum absolute atomic E-state index is 0. The van der Waals surface area contributed by atoms with E-state index in [0.29, 0.717) is 18.5 Å². The minimum Gasteiger partial charge on any atom is -0.345 e. The number of benzene rings is 1. The Morgan fingerprint density at radius 1 is 1.26 bits per heavy atom. The van der Waals surface area contributed by atoms with Gasteiger partial charge in [0.25, 0.3) is 0 Å². The predicted octanol–water partition coefficient (Wildman–Crippen LogP) is 0.793. The second-order valence-corrected chi connectivity index (χ2v) is 4.39. The number of carbonyl (C=O) groups excluding carboxylic acids is 2. The lowest BCUT2D eigenvalue weighted by Gasteiger charge is -2.10. The van der Waals surface area contributed by atoms with Crippen molar-refractivity contribution in [1.82, 2.24) is 5.32 Å². The predicted molar refractivity (Wildman–Crippen MR) is 71.4 cm³/mol. The van der Waals surface area contributed by atoms with E-state index in [0.717, 1.165) is 0 Å². The Morgan fingerprint density at radius 3 is 2.37 bits per heavy atom. The van der Waals surface area contributed by atoms with Gasteiger partial charge in [-0.05, 0) is 37.1 Å². The highest BCUT2D eigenvalue weighted by molar-refractivity contribution is 5.96. The summed E-state index contributed by atoms with van der Waals surface area (Å²) in [6.45, 7) is -0.144. The first-order valence-corrected chi connectivity index (χ1v) is 5.62. The van der Waals surface area contributed by atoms with Crippen LogP contribution in [-0.4, -0.2) is 23.9 Å². The van der Waals surface area contributed by atoms with Gasteiger partial charge in [0, 0.05) is 5.69 Å². The summed E-state index contributed by atoms with van der Waals surface area (Å²) in [4.78, 5) is 23.0. The van der Waals surface area contributed by atoms with Crippen LogP contribution in [0.4, 0.5) is 10.1 Å². The first-order chi connectivity index (χ1) is 8.49. The average molecular weight is 288 g/mol. The van der Waals surface area contributed by atoms with Crippen LogP contribution in [0.3, 0.4) is 0 Å². The topological polar surface area (TPSA) is 84.2 Å². The molecule has 19 heavy (non-hydrogen) atoms. The average Bonchev–Trinajstić information content (AvgIpc) is 3.09. The molecule has 5 nitrogen and oxygen atoms in total. The Kier molecular flexibility index (Phi) is 4.85. The van der Waals surface area contributed by atoms with Gasteiger partial charge in [-0.25, -0.2) is 4.39 Å². The van der Waals surface area contributed by atoms with E-state index in [-0.39, 0.29) is 36.6 Å². The Labute approximate surface area is 116 Å². The maximum Gasteiger partial charge on any atom is 0.243 e. The van der Waals surface area contributed by atoms with Crippen molar-refractivity contribution in [3.63, 3.8) is 0 Å². The highest BCUT2D eigenvalue weighted by Gasteiger charge is 2.45. The molecule has 1 fully saturated rings. The molecule has 0 atom stereocenters. The van der Waals surface area contributed by atoms with Crippen molar-refractivity contribution in [3.8, 4) is 0 Å². The number of halogens is 2. The molecule has 1 aromatic rings. The third-order valence-electron chi connectivity index (χ3n) is 2.78. The highest BCUT2D eigenvalue weighted by atomic mass is 35.5. The van der Waals surface area contributed by atoms with Crippen LogP contribution in [0, 0.1) is 5.82 Å². The van der Waals surface area contributed by atoms with Gasteiger partial charge in [0.15, 0.2) is 0 Å². The third-order valence-corrected chi connectivity index (χ3v) is 2.78. The number of anilines is 1. The normalized spacial score (nSPS) is 15.1. The molecule has 0 saturated heterocycles. The van der Waals surface area contributed by atoms with E-state index < -0.39 is 5.54 Å². The molecular weight excluding hydrogens is 273 g/mol. The summed E-state index contributed by atoms with van der Waals surface area (Å²) >= 11 is 0. The van der Waals surface area contributed by atoms with Gasteiger partial charge in [0.1, 0.15) is 5.82 Å². The number of nitrogens with two attached hydrogens (primary N) is 1. The zero-order chi connectivity index (χ0) is 13.2. The zero-order valence-electron chi connectivity index (χ0n) is 10.1. The molecule has 1 saturated carbocycles. The van der Waals surface area contributed by atoms with E-state index in [2.05, 4.69) is 10.6 Å². The van der Waals surface area contributed by atoms with Crippen LogP contribution in [0.25, 0.3) is 0 Å². The minimum atomic E-state index is -0.782. The Balaban J connectivity index is 0.00000180. The van der Waals surface area contributed by atoms with E-state index in [1.165, 1.54) is 24.3 Å². The van der Waals surface area contributed by atoms with Crippen LogP contribution in [-0.2, 0) is 9.59 Å². The maximum atomic E-state index is 12.6. The van der Waals surface area contributed by atoms with Gasteiger partial charge in [-0.1, -0.05) is 0 Å². The summed E-state index contributed by atoms with van der Waals surface area (Å²) in [6.07, 6.45) is 1.30. The second-order valence-electron chi connectivity index (χ2n) is 4.39. The van der Waals surface area contributed by atoms with Crippen LogP contribution in [0.1, 0.15) is 12.8 Å². The molecule has 0 spiro atoms. The second kappa shape index (κ2) is 5.99. The van der Waals surface area contributed by atoms with Gasteiger partial charge in [-0.3, -0.25) is 9.59 Å². The Bertz CT molecular complexity index is 474. The van der Waals surface area contributed by atoms with E-state index >= 15 is 0 Å². The molecule has 0 unspecified atom stereocenters. The number of amides is 2. The summed E-state index contributed by atoms with van der Waals surface area (Å²) in [7, 11) is 0. The summed E-state index contributed by atoms with van der Waals surface area (Å²) in [5.41, 5.74) is 5.35. The van der Waals surface area contributed by atoms with Gasteiger partial charge >= 0.3 is 0 Å². The van der Waals surface area contributed by atoms with Crippen molar-refractivity contribution in [2.24, 2.45) is 5.73 Å². The van der Waals surface area contributed by atoms with Crippen LogP contribution in [0.15, 0.2) is 24.3 Å². The number of rotatable bonds is 4. The number of hydrogen-bond donors (Lipinski definition) is 3. The first kappa shape index (κ1) is 15.4. The van der Waals surface area contributed by atoms with Crippen molar-refractivity contribution in [2.45, 2.75) is 18.4 Å². The quantitative estimate of drug-likeness (QED) is 0.765. The molecule has 1 aliphatic carbocycles. The first-order valence-electron chi connectivity index (χ1n) is 5.62. The van der Waals surface area contributed by atoms with Crippen LogP contribution in [0.2, 0.25) is 0 Å². The van der Waals surface area contributed by atoms with Gasteiger partial charge in [0.2, 0.25) is 11.8 Å². The fourth-order valence-electron chi connectivity index (χ4n) is 1.44. The number of nitrogens with one attached hydrogen (secondary N) is 2. The molecule has 2 amide bonds. The Morgan fingerprint density at radius 2 is 1.84 bits per heavy atom. The fraction of sp³-hybridized carbons (Fsp3) is 0.333. The molecule has 4 N–H and O–H groups in total. The maximum absolute atomic E-state index is 12.6. The standard InChI is InChI=1S/C12H14FN3O2.ClH/c13-8-1-3-9(4-2-8)16-10(17)7-15-11(18)12(14)5-6-12;/h1-4H,5-7,14H2,(H,15,18)(H,16,17);1H. The molecular formula is C12H15ClFN3O2. The largest absolute Gasteiger partial charge is 0.345 e. The van der Waals surface area contributed by atoms with Crippen molar-refractivity contribution in [3.05, 3.63) is 30.1 Å². The summed E-state index contributed by atoms with van der Waals surface area (Å²) in [5, 5.41) is 5.00. The molecule has 1 aliphatic rings. The third kappa shape index (κ3) is 4.18. The number of carbonyl (C=O) groups is 2. The lowest BCUT2D eigenvalue weighted by Crippen LogP contribution is -2.45. The van der Waals surface area contributed by atoms with Crippen LogP contribution >= 0.6 is 12.4 Å². The smallest absolute Gasteiger partial charge is 0.243 e. The molecule has 0 heterocycles. The number of hydrogen-bond acceptors (Lipinski definition) is 3. The molecule has 0 aromatic heterocycles. The molecule has 0 aliphatic heterocycles. The lowest BCUT2D eigenvalue weighted by molar-refractivity contribution is -0.125. The van der Waals surface area contributed by atoms with Crippen molar-refractivity contribution < 1.29 is 14.0 Å². The van der Waals surface area contributed by atoms with Gasteiger partial charge < -0.3 is 16.4 Å². The van der Waals surface area contributed by atoms with Crippen molar-refractivity contribution in [1.29, 1.82) is 0 Å². The molecule has 7 heteroatoms. The summed E-state index contributed by atoms with van der Waals surface area (Å²) in [6, 6.07) is 5.38. The monoisotopic (exact) mass is 287 g/mol. The van der Waals surface area contributed by atoms with E-state index in [9.17, 15) is 14.0 Å². The van der Waals surface area contributed by atoms with Crippen molar-refractivity contribution >= 4 is 29.9 Å². The molecule has 0 radical (unpaired) electrons. The van der Waals surface area contributed by atoms with Crippen molar-refractivity contribution in [2.75, 3.05) is 11.9 Å².